The van der Waals surface area contributed by atoms with Crippen LogP contribution in [0.1, 0.15) is 38.5 Å². The van der Waals surface area contributed by atoms with E-state index in [1.54, 1.807) is 0 Å². The summed E-state index contributed by atoms with van der Waals surface area (Å²) < 4.78 is 6.22. The summed E-state index contributed by atoms with van der Waals surface area (Å²) in [6, 6.07) is 1.54. The van der Waals surface area contributed by atoms with Gasteiger partial charge in [-0.1, -0.05) is 0 Å². The minimum atomic E-state index is 0.468. The molecule has 1 saturated carbocycles. The summed E-state index contributed by atoms with van der Waals surface area (Å²) in [6.45, 7) is 4.69. The molecule has 0 spiro atoms. The molecule has 2 saturated heterocycles. The molecule has 3 unspecified atom stereocenters. The predicted molar refractivity (Wildman–Crippen MR) is 82.1 cm³/mol. The zero-order valence-electron chi connectivity index (χ0n) is 13.2. The fourth-order valence-corrected chi connectivity index (χ4v) is 3.56. The van der Waals surface area contributed by atoms with Crippen molar-refractivity contribution in [1.82, 2.24) is 15.1 Å². The molecule has 20 heavy (non-hydrogen) atoms. The molecule has 0 bridgehead atoms. The van der Waals surface area contributed by atoms with Gasteiger partial charge in [-0.25, -0.2) is 0 Å². The summed E-state index contributed by atoms with van der Waals surface area (Å²) in [4.78, 5) is 5.00. The van der Waals surface area contributed by atoms with Crippen LogP contribution in [0.2, 0.25) is 0 Å². The Hall–Kier alpha value is -0.160. The Morgan fingerprint density at radius 3 is 2.65 bits per heavy atom. The van der Waals surface area contributed by atoms with Crippen molar-refractivity contribution in [2.45, 2.75) is 62.8 Å². The summed E-state index contributed by atoms with van der Waals surface area (Å²) in [6.07, 6.45) is 8.86. The molecule has 0 aromatic heterocycles. The highest BCUT2D eigenvalue weighted by molar-refractivity contribution is 4.86. The van der Waals surface area contributed by atoms with Gasteiger partial charge in [0.2, 0.25) is 0 Å². The first-order valence-corrected chi connectivity index (χ1v) is 8.48. The van der Waals surface area contributed by atoms with Crippen LogP contribution in [0.4, 0.5) is 0 Å². The molecule has 3 atom stereocenters. The molecule has 0 amide bonds. The van der Waals surface area contributed by atoms with Crippen LogP contribution in [-0.2, 0) is 4.74 Å². The number of likely N-dealkylation sites (tertiary alicyclic amines) is 1. The Labute approximate surface area is 123 Å². The first-order valence-electron chi connectivity index (χ1n) is 8.48. The lowest BCUT2D eigenvalue weighted by Gasteiger charge is -2.37. The van der Waals surface area contributed by atoms with E-state index in [1.165, 1.54) is 51.6 Å². The van der Waals surface area contributed by atoms with Crippen LogP contribution >= 0.6 is 0 Å². The van der Waals surface area contributed by atoms with E-state index in [2.05, 4.69) is 29.2 Å². The highest BCUT2D eigenvalue weighted by Crippen LogP contribution is 2.24. The highest BCUT2D eigenvalue weighted by Gasteiger charge is 2.30. The van der Waals surface area contributed by atoms with Gasteiger partial charge in [0.25, 0.3) is 0 Å². The Kier molecular flexibility index (Phi) is 4.97. The van der Waals surface area contributed by atoms with Crippen molar-refractivity contribution < 1.29 is 4.74 Å². The Morgan fingerprint density at radius 2 is 1.90 bits per heavy atom. The van der Waals surface area contributed by atoms with E-state index in [4.69, 9.17) is 4.74 Å². The molecule has 116 valence electrons. The molecule has 4 heteroatoms. The lowest BCUT2D eigenvalue weighted by molar-refractivity contribution is 0.0121. The fourth-order valence-electron chi connectivity index (χ4n) is 3.56. The number of nitrogens with zero attached hydrogens (tertiary/aromatic N) is 2. The zero-order valence-corrected chi connectivity index (χ0v) is 13.2. The minimum Gasteiger partial charge on any atom is -0.372 e. The SMILES string of the molecule is CN(C)C1CCCN(CC2CCC(CNC3CC3)O2)C1. The molecule has 1 aliphatic carbocycles. The second-order valence-corrected chi connectivity index (χ2v) is 7.16. The summed E-state index contributed by atoms with van der Waals surface area (Å²) in [7, 11) is 4.42. The normalized spacial score (nSPS) is 35.9. The lowest BCUT2D eigenvalue weighted by atomic mass is 10.0. The third-order valence-corrected chi connectivity index (χ3v) is 5.08. The topological polar surface area (TPSA) is 27.7 Å². The van der Waals surface area contributed by atoms with E-state index in [0.717, 1.165) is 25.2 Å². The monoisotopic (exact) mass is 281 g/mol. The van der Waals surface area contributed by atoms with Crippen molar-refractivity contribution in [3.63, 3.8) is 0 Å². The fraction of sp³-hybridized carbons (Fsp3) is 1.00. The van der Waals surface area contributed by atoms with Crippen molar-refractivity contribution in [2.75, 3.05) is 40.3 Å². The van der Waals surface area contributed by atoms with Gasteiger partial charge in [0.1, 0.15) is 0 Å². The van der Waals surface area contributed by atoms with Crippen LogP contribution in [0.3, 0.4) is 0 Å². The molecule has 3 fully saturated rings. The van der Waals surface area contributed by atoms with Gasteiger partial charge in [-0.15, -0.1) is 0 Å². The largest absolute Gasteiger partial charge is 0.372 e. The third kappa shape index (κ3) is 4.17. The maximum absolute atomic E-state index is 6.22. The maximum Gasteiger partial charge on any atom is 0.0707 e. The van der Waals surface area contributed by atoms with E-state index < -0.39 is 0 Å². The van der Waals surface area contributed by atoms with Crippen molar-refractivity contribution in [3.8, 4) is 0 Å². The summed E-state index contributed by atoms with van der Waals surface area (Å²) in [5.74, 6) is 0. The average molecular weight is 281 g/mol. The second-order valence-electron chi connectivity index (χ2n) is 7.16. The molecular weight excluding hydrogens is 250 g/mol. The molecule has 2 heterocycles. The van der Waals surface area contributed by atoms with Crippen molar-refractivity contribution in [2.24, 2.45) is 0 Å². The third-order valence-electron chi connectivity index (χ3n) is 5.08. The molecule has 3 aliphatic rings. The summed E-state index contributed by atoms with van der Waals surface area (Å²) in [5, 5.41) is 3.60. The van der Waals surface area contributed by atoms with Crippen molar-refractivity contribution in [3.05, 3.63) is 0 Å². The van der Waals surface area contributed by atoms with E-state index >= 15 is 0 Å². The summed E-state index contributed by atoms with van der Waals surface area (Å²) in [5.41, 5.74) is 0. The highest BCUT2D eigenvalue weighted by atomic mass is 16.5. The second kappa shape index (κ2) is 6.73. The first-order chi connectivity index (χ1) is 9.70. The van der Waals surface area contributed by atoms with Crippen LogP contribution in [0.25, 0.3) is 0 Å². The van der Waals surface area contributed by atoms with Gasteiger partial charge in [0.05, 0.1) is 12.2 Å². The van der Waals surface area contributed by atoms with Gasteiger partial charge in [-0.05, 0) is 59.2 Å². The molecule has 0 aromatic carbocycles. The summed E-state index contributed by atoms with van der Waals surface area (Å²) >= 11 is 0. The number of ether oxygens (including phenoxy) is 1. The van der Waals surface area contributed by atoms with E-state index in [-0.39, 0.29) is 0 Å². The van der Waals surface area contributed by atoms with Gasteiger partial charge < -0.3 is 15.0 Å². The van der Waals surface area contributed by atoms with E-state index in [1.807, 2.05) is 0 Å². The number of hydrogen-bond acceptors (Lipinski definition) is 4. The average Bonchev–Trinajstić information content (AvgIpc) is 3.17. The minimum absolute atomic E-state index is 0.468. The molecule has 2 aliphatic heterocycles. The lowest BCUT2D eigenvalue weighted by Crippen LogP contribution is -2.47. The van der Waals surface area contributed by atoms with Crippen LogP contribution in [0.15, 0.2) is 0 Å². The van der Waals surface area contributed by atoms with Crippen LogP contribution in [-0.4, -0.2) is 74.4 Å². The quantitative estimate of drug-likeness (QED) is 0.794. The molecule has 0 radical (unpaired) electrons. The number of nitrogens with one attached hydrogen (secondary N) is 1. The molecule has 4 nitrogen and oxygen atoms in total. The Morgan fingerprint density at radius 1 is 1.10 bits per heavy atom. The van der Waals surface area contributed by atoms with Crippen molar-refractivity contribution >= 4 is 0 Å². The van der Waals surface area contributed by atoms with Crippen molar-refractivity contribution in [1.29, 1.82) is 0 Å². The molecular formula is C16H31N3O. The van der Waals surface area contributed by atoms with Gasteiger partial charge in [0.15, 0.2) is 0 Å². The molecule has 1 N–H and O–H groups in total. The van der Waals surface area contributed by atoms with E-state index in [0.29, 0.717) is 12.2 Å². The predicted octanol–water partition coefficient (Wildman–Crippen LogP) is 1.31. The Bertz CT molecular complexity index is 306. The first kappa shape index (κ1) is 14.8. The van der Waals surface area contributed by atoms with Crippen LogP contribution in [0.5, 0.6) is 0 Å². The zero-order chi connectivity index (χ0) is 13.9. The smallest absolute Gasteiger partial charge is 0.0707 e. The van der Waals surface area contributed by atoms with Gasteiger partial charge in [0, 0.05) is 31.7 Å². The number of hydrogen-bond donors (Lipinski definition) is 1. The maximum atomic E-state index is 6.22. The van der Waals surface area contributed by atoms with Crippen LogP contribution in [0, 0.1) is 0 Å². The van der Waals surface area contributed by atoms with Crippen LogP contribution < -0.4 is 5.32 Å². The van der Waals surface area contributed by atoms with Gasteiger partial charge in [-0.2, -0.15) is 0 Å². The van der Waals surface area contributed by atoms with E-state index in [9.17, 15) is 0 Å². The standard InChI is InChI=1S/C16H31N3O/c1-18(2)14-4-3-9-19(11-14)12-16-8-7-15(20-16)10-17-13-5-6-13/h13-17H,3-12H2,1-2H3. The number of likely N-dealkylation sites (N-methyl/N-ethyl adjacent to an activating group) is 1. The van der Waals surface area contributed by atoms with Gasteiger partial charge >= 0.3 is 0 Å². The number of rotatable bonds is 6. The Balaban J connectivity index is 1.37. The molecule has 3 rings (SSSR count). The molecule has 0 aromatic rings. The number of piperidine rings is 1. The van der Waals surface area contributed by atoms with Gasteiger partial charge in [-0.3, -0.25) is 4.90 Å².